The number of fused-ring (bicyclic) bond motifs is 4. The first-order valence-corrected chi connectivity index (χ1v) is 20.3. The van der Waals surface area contributed by atoms with Gasteiger partial charge in [-0.2, -0.15) is 0 Å². The van der Waals surface area contributed by atoms with Crippen molar-refractivity contribution in [3.8, 4) is 11.5 Å². The molecule has 0 spiro atoms. The van der Waals surface area contributed by atoms with E-state index in [1.54, 1.807) is 17.0 Å². The monoisotopic (exact) mass is 810 g/mol. The number of rotatable bonds is 7. The molecular weight excluding hydrogens is 768 g/mol. The Balaban J connectivity index is 1.15. The topological polar surface area (TPSA) is 104 Å². The molecule has 6 atom stereocenters. The number of amides is 2. The van der Waals surface area contributed by atoms with Gasteiger partial charge in [0, 0.05) is 43.1 Å². The van der Waals surface area contributed by atoms with Crippen molar-refractivity contribution in [2.45, 2.75) is 49.6 Å². The summed E-state index contributed by atoms with van der Waals surface area (Å²) in [5, 5.41) is 10.9. The summed E-state index contributed by atoms with van der Waals surface area (Å²) >= 11 is 3.54. The second-order valence-corrected chi connectivity index (χ2v) is 16.7. The molecule has 0 aromatic heterocycles. The number of methoxy groups -OCH3 is 1. The summed E-state index contributed by atoms with van der Waals surface area (Å²) in [7, 11) is 1.48. The van der Waals surface area contributed by atoms with E-state index >= 15 is 9.59 Å². The van der Waals surface area contributed by atoms with Crippen molar-refractivity contribution >= 4 is 44.9 Å². The van der Waals surface area contributed by atoms with Gasteiger partial charge in [-0.15, -0.1) is 0 Å². The summed E-state index contributed by atoms with van der Waals surface area (Å²) in [6.45, 7) is 2.39. The van der Waals surface area contributed by atoms with Gasteiger partial charge in [0.2, 0.25) is 11.8 Å². The number of hydrogen-bond donors (Lipinski definition) is 1. The van der Waals surface area contributed by atoms with Gasteiger partial charge >= 0.3 is 0 Å². The molecule has 2 aliphatic heterocycles. The number of hydrogen-bond acceptors (Lipinski definition) is 7. The van der Waals surface area contributed by atoms with Gasteiger partial charge in [-0.05, 0) is 88.0 Å². The lowest BCUT2D eigenvalue weighted by molar-refractivity contribution is -0.144. The van der Waals surface area contributed by atoms with Gasteiger partial charge in [0.15, 0.2) is 23.1 Å². The number of aromatic hydroxyl groups is 1. The van der Waals surface area contributed by atoms with Crippen molar-refractivity contribution in [2.75, 3.05) is 20.2 Å². The average molecular weight is 812 g/mol. The van der Waals surface area contributed by atoms with Crippen LogP contribution < -0.4 is 4.74 Å². The molecule has 4 aromatic rings. The van der Waals surface area contributed by atoms with Crippen LogP contribution in [0.3, 0.4) is 0 Å². The molecule has 9 heteroatoms. The third kappa shape index (κ3) is 5.73. The number of imide groups is 1. The number of halogens is 1. The van der Waals surface area contributed by atoms with Crippen LogP contribution in [0.5, 0.6) is 11.5 Å². The molecule has 2 saturated heterocycles. The maximum atomic E-state index is 15.3. The SMILES string of the molecule is COc1cc([C@H]2C3=CC[C@@H]4C(=O)N(C5CCN(Cc6ccccc6)CC5)C(=O)[C@@H]4[C@@H]3C[C@H]3C(=O)C(c4ccccc4)=CC(=O)[C@@]23c2ccccc2)cc(Br)c1O. The van der Waals surface area contributed by atoms with Gasteiger partial charge < -0.3 is 9.84 Å². The Hall–Kier alpha value is -5.12. The third-order valence-corrected chi connectivity index (χ3v) is 13.8. The molecular formula is C47H43BrN2O6. The number of piperidine rings is 1. The molecule has 56 heavy (non-hydrogen) atoms. The highest BCUT2D eigenvalue weighted by molar-refractivity contribution is 9.10. The Morgan fingerprint density at radius 2 is 1.50 bits per heavy atom. The minimum Gasteiger partial charge on any atom is -0.503 e. The van der Waals surface area contributed by atoms with E-state index in [-0.39, 0.29) is 47.3 Å². The Kier molecular flexibility index (Phi) is 9.41. The van der Waals surface area contributed by atoms with E-state index in [2.05, 4.69) is 39.0 Å². The van der Waals surface area contributed by atoms with Crippen molar-refractivity contribution in [1.82, 2.24) is 9.80 Å². The molecule has 5 aliphatic rings. The number of likely N-dealkylation sites (tertiary alicyclic amines) is 2. The molecule has 4 aromatic carbocycles. The molecule has 0 unspecified atom stereocenters. The molecule has 9 rings (SSSR count). The van der Waals surface area contributed by atoms with Crippen LogP contribution >= 0.6 is 15.9 Å². The van der Waals surface area contributed by atoms with E-state index in [4.69, 9.17) is 4.74 Å². The zero-order valence-corrected chi connectivity index (χ0v) is 32.7. The van der Waals surface area contributed by atoms with Crippen LogP contribution in [0.1, 0.15) is 53.9 Å². The molecule has 3 aliphatic carbocycles. The Morgan fingerprint density at radius 3 is 2.18 bits per heavy atom. The normalized spacial score (nSPS) is 28.0. The molecule has 1 N–H and O–H groups in total. The fraction of sp³-hybridized carbons (Fsp3) is 0.319. The number of carbonyl (C=O) groups is 4. The van der Waals surface area contributed by atoms with Crippen molar-refractivity contribution in [3.63, 3.8) is 0 Å². The Labute approximate surface area is 335 Å². The number of nitrogens with zero attached hydrogens (tertiary/aromatic N) is 2. The molecule has 2 heterocycles. The lowest BCUT2D eigenvalue weighted by Gasteiger charge is -2.55. The van der Waals surface area contributed by atoms with E-state index in [1.165, 1.54) is 18.7 Å². The minimum atomic E-state index is -1.37. The molecule has 0 radical (unpaired) electrons. The van der Waals surface area contributed by atoms with Crippen LogP contribution in [0.25, 0.3) is 5.57 Å². The van der Waals surface area contributed by atoms with Gasteiger partial charge in [-0.25, -0.2) is 0 Å². The Morgan fingerprint density at radius 1 is 0.839 bits per heavy atom. The van der Waals surface area contributed by atoms with Crippen molar-refractivity contribution in [3.05, 3.63) is 148 Å². The lowest BCUT2D eigenvalue weighted by Crippen LogP contribution is -2.58. The molecule has 1 saturated carbocycles. The first kappa shape index (κ1) is 36.5. The number of ether oxygens (including phenoxy) is 1. The first-order valence-electron chi connectivity index (χ1n) is 19.5. The molecule has 3 fully saturated rings. The summed E-state index contributed by atoms with van der Waals surface area (Å²) in [5.74, 6) is -3.72. The van der Waals surface area contributed by atoms with Gasteiger partial charge in [-0.3, -0.25) is 29.0 Å². The molecule has 284 valence electrons. The second kappa shape index (κ2) is 14.4. The first-order chi connectivity index (χ1) is 27.2. The highest BCUT2D eigenvalue weighted by Crippen LogP contribution is 2.64. The zero-order chi connectivity index (χ0) is 38.7. The highest BCUT2D eigenvalue weighted by atomic mass is 79.9. The maximum absolute atomic E-state index is 15.3. The highest BCUT2D eigenvalue weighted by Gasteiger charge is 2.66. The van der Waals surface area contributed by atoms with Gasteiger partial charge in [-0.1, -0.05) is 103 Å². The minimum absolute atomic E-state index is 0.0778. The second-order valence-electron chi connectivity index (χ2n) is 15.9. The van der Waals surface area contributed by atoms with Crippen LogP contribution in [0, 0.1) is 23.7 Å². The van der Waals surface area contributed by atoms with E-state index in [0.717, 1.165) is 25.2 Å². The van der Waals surface area contributed by atoms with Crippen LogP contribution in [-0.4, -0.2) is 64.5 Å². The number of Topliss-reactive ketones (excluding diaryl/α,β-unsaturated/α-hetero) is 1. The molecule has 2 amide bonds. The molecule has 8 nitrogen and oxygen atoms in total. The van der Waals surface area contributed by atoms with Crippen molar-refractivity contribution in [2.24, 2.45) is 23.7 Å². The Bertz CT molecular complexity index is 2280. The van der Waals surface area contributed by atoms with Gasteiger partial charge in [0.1, 0.15) is 0 Å². The smallest absolute Gasteiger partial charge is 0.233 e. The van der Waals surface area contributed by atoms with Gasteiger partial charge in [0.05, 0.1) is 28.8 Å². The summed E-state index contributed by atoms with van der Waals surface area (Å²) in [5.41, 5.74) is 3.15. The summed E-state index contributed by atoms with van der Waals surface area (Å²) < 4.78 is 6.03. The number of benzene rings is 4. The summed E-state index contributed by atoms with van der Waals surface area (Å²) in [6, 6.07) is 32.5. The zero-order valence-electron chi connectivity index (χ0n) is 31.1. The fourth-order valence-corrected chi connectivity index (χ4v) is 11.2. The number of phenols is 1. The van der Waals surface area contributed by atoms with Crippen molar-refractivity contribution < 1.29 is 29.0 Å². The lowest BCUT2D eigenvalue weighted by atomic mass is 9.44. The maximum Gasteiger partial charge on any atom is 0.233 e. The average Bonchev–Trinajstić information content (AvgIpc) is 3.49. The number of allylic oxidation sites excluding steroid dienone is 4. The van der Waals surface area contributed by atoms with Crippen LogP contribution in [0.2, 0.25) is 0 Å². The van der Waals surface area contributed by atoms with E-state index in [9.17, 15) is 14.7 Å². The van der Waals surface area contributed by atoms with Crippen LogP contribution in [0.4, 0.5) is 0 Å². The fourth-order valence-electron chi connectivity index (χ4n) is 10.7. The van der Waals surface area contributed by atoms with Gasteiger partial charge in [0.25, 0.3) is 0 Å². The predicted molar refractivity (Wildman–Crippen MR) is 216 cm³/mol. The molecule has 0 bridgehead atoms. The van der Waals surface area contributed by atoms with Crippen LogP contribution in [-0.2, 0) is 31.1 Å². The summed E-state index contributed by atoms with van der Waals surface area (Å²) in [4.78, 5) is 63.8. The van der Waals surface area contributed by atoms with E-state index in [0.29, 0.717) is 46.0 Å². The quantitative estimate of drug-likeness (QED) is 0.151. The van der Waals surface area contributed by atoms with Crippen molar-refractivity contribution in [1.29, 1.82) is 0 Å². The largest absolute Gasteiger partial charge is 0.503 e. The van der Waals surface area contributed by atoms with E-state index < -0.39 is 35.0 Å². The standard InChI is InChI=1S/C47H43BrN2O6/c1-56-39-24-30(23-38(48)44(39)53)42-33-17-18-34-41(46(55)50(45(34)54)32-19-21-49(22-20-32)27-28-11-5-2-6-12-28)36(33)25-37-43(52)35(29-13-7-3-8-14-29)26-40(51)47(37,42)31-15-9-4-10-16-31/h2-17,23-24,26,32,34,36-37,41-42,53H,18-22,25,27H2,1H3/t34-,36+,37-,41-,42-,47-/m0/s1. The third-order valence-electron chi connectivity index (χ3n) is 13.2. The van der Waals surface area contributed by atoms with Crippen LogP contribution in [0.15, 0.2) is 125 Å². The summed E-state index contributed by atoms with van der Waals surface area (Å²) in [6.07, 6.45) is 5.61. The number of carbonyl (C=O) groups excluding carboxylic acids is 4. The number of phenolic OH excluding ortho intramolecular Hbond substituents is 1. The predicted octanol–water partition coefficient (Wildman–Crippen LogP) is 7.65. The van der Waals surface area contributed by atoms with E-state index in [1.807, 2.05) is 78.9 Å². The number of ketones is 2.